The van der Waals surface area contributed by atoms with Crippen molar-refractivity contribution in [3.05, 3.63) is 21.3 Å². The van der Waals surface area contributed by atoms with E-state index in [9.17, 15) is 4.79 Å². The zero-order valence-electron chi connectivity index (χ0n) is 6.16. The van der Waals surface area contributed by atoms with Crippen LogP contribution in [0.2, 0.25) is 4.34 Å². The molecule has 0 aromatic carbocycles. The number of carboxylic acids is 1. The van der Waals surface area contributed by atoms with Gasteiger partial charge in [-0.3, -0.25) is 4.79 Å². The second-order valence-electron chi connectivity index (χ2n) is 2.35. The topological polar surface area (TPSA) is 63.3 Å². The van der Waals surface area contributed by atoms with Gasteiger partial charge in [-0.25, -0.2) is 0 Å². The van der Waals surface area contributed by atoms with E-state index in [1.165, 1.54) is 11.3 Å². The summed E-state index contributed by atoms with van der Waals surface area (Å²) in [6.07, 6.45) is 0.340. The lowest BCUT2D eigenvalue weighted by molar-refractivity contribution is -0.138. The van der Waals surface area contributed by atoms with E-state index in [0.29, 0.717) is 10.8 Å². The lowest BCUT2D eigenvalue weighted by Crippen LogP contribution is -2.31. The van der Waals surface area contributed by atoms with Crippen LogP contribution in [0.4, 0.5) is 0 Å². The number of carbonyl (C=O) groups is 1. The van der Waals surface area contributed by atoms with E-state index in [1.54, 1.807) is 12.1 Å². The Morgan fingerprint density at radius 2 is 2.42 bits per heavy atom. The van der Waals surface area contributed by atoms with E-state index in [1.807, 2.05) is 0 Å². The first-order valence-electron chi connectivity index (χ1n) is 3.32. The Labute approximate surface area is 78.8 Å². The smallest absolute Gasteiger partial charge is 0.320 e. The van der Waals surface area contributed by atoms with Crippen LogP contribution in [0.1, 0.15) is 4.88 Å². The summed E-state index contributed by atoms with van der Waals surface area (Å²) in [5.41, 5.74) is 5.32. The van der Waals surface area contributed by atoms with Gasteiger partial charge in [0.15, 0.2) is 0 Å². The maximum absolute atomic E-state index is 10.4. The van der Waals surface area contributed by atoms with Crippen LogP contribution in [0.5, 0.6) is 0 Å². The van der Waals surface area contributed by atoms with Crippen molar-refractivity contribution in [2.75, 3.05) is 0 Å². The molecule has 0 aliphatic heterocycles. The van der Waals surface area contributed by atoms with Crippen LogP contribution in [0.3, 0.4) is 0 Å². The fraction of sp³-hybridized carbons (Fsp3) is 0.286. The van der Waals surface area contributed by atoms with Crippen LogP contribution < -0.4 is 5.73 Å². The number of nitrogens with two attached hydrogens (primary N) is 1. The highest BCUT2D eigenvalue weighted by atomic mass is 35.5. The molecule has 0 radical (unpaired) electrons. The average molecular weight is 206 g/mol. The number of rotatable bonds is 3. The normalized spacial score (nSPS) is 12.8. The largest absolute Gasteiger partial charge is 0.480 e. The van der Waals surface area contributed by atoms with Crippen LogP contribution in [-0.2, 0) is 11.2 Å². The average Bonchev–Trinajstić information content (AvgIpc) is 2.35. The molecule has 0 aliphatic rings. The van der Waals surface area contributed by atoms with Crippen molar-refractivity contribution in [3.63, 3.8) is 0 Å². The highest BCUT2D eigenvalue weighted by Crippen LogP contribution is 2.22. The van der Waals surface area contributed by atoms with Crippen LogP contribution in [0.15, 0.2) is 12.1 Å². The van der Waals surface area contributed by atoms with Crippen molar-refractivity contribution in [3.8, 4) is 0 Å². The van der Waals surface area contributed by atoms with Gasteiger partial charge < -0.3 is 10.8 Å². The molecule has 3 N–H and O–H groups in total. The summed E-state index contributed by atoms with van der Waals surface area (Å²) in [4.78, 5) is 11.3. The van der Waals surface area contributed by atoms with Gasteiger partial charge in [-0.15, -0.1) is 11.3 Å². The molecule has 1 rings (SSSR count). The second-order valence-corrected chi connectivity index (χ2v) is 4.15. The second kappa shape index (κ2) is 3.89. The highest BCUT2D eigenvalue weighted by Gasteiger charge is 2.12. The fourth-order valence-electron chi connectivity index (χ4n) is 0.766. The molecule has 0 amide bonds. The van der Waals surface area contributed by atoms with Crippen molar-refractivity contribution in [2.24, 2.45) is 5.73 Å². The van der Waals surface area contributed by atoms with Gasteiger partial charge in [0.1, 0.15) is 6.04 Å². The molecule has 1 atom stereocenters. The van der Waals surface area contributed by atoms with Crippen LogP contribution >= 0.6 is 22.9 Å². The first kappa shape index (κ1) is 9.51. The van der Waals surface area contributed by atoms with Gasteiger partial charge in [-0.1, -0.05) is 11.6 Å². The van der Waals surface area contributed by atoms with E-state index in [4.69, 9.17) is 22.4 Å². The van der Waals surface area contributed by atoms with Crippen molar-refractivity contribution < 1.29 is 9.90 Å². The first-order chi connectivity index (χ1) is 5.59. The number of hydrogen-bond acceptors (Lipinski definition) is 3. The summed E-state index contributed by atoms with van der Waals surface area (Å²) in [5.74, 6) is -0.987. The lowest BCUT2D eigenvalue weighted by Gasteiger charge is -2.02. The van der Waals surface area contributed by atoms with Gasteiger partial charge in [-0.2, -0.15) is 0 Å². The third-order valence-corrected chi connectivity index (χ3v) is 2.62. The number of carboxylic acid groups (broad SMARTS) is 1. The minimum atomic E-state index is -0.987. The summed E-state index contributed by atoms with van der Waals surface area (Å²) < 4.78 is 0.655. The number of halogens is 1. The molecule has 0 aliphatic carbocycles. The van der Waals surface area contributed by atoms with Gasteiger partial charge >= 0.3 is 5.97 Å². The third kappa shape index (κ3) is 2.48. The molecule has 0 saturated carbocycles. The van der Waals surface area contributed by atoms with Gasteiger partial charge in [0.25, 0.3) is 0 Å². The minimum Gasteiger partial charge on any atom is -0.480 e. The van der Waals surface area contributed by atoms with Crippen LogP contribution in [0, 0.1) is 0 Å². The summed E-state index contributed by atoms with van der Waals surface area (Å²) in [5, 5.41) is 8.50. The third-order valence-electron chi connectivity index (χ3n) is 1.37. The number of aliphatic carboxylic acids is 1. The van der Waals surface area contributed by atoms with E-state index in [0.717, 1.165) is 4.88 Å². The number of hydrogen-bond donors (Lipinski definition) is 2. The molecule has 0 fully saturated rings. The molecule has 1 heterocycles. The molecule has 0 saturated heterocycles. The van der Waals surface area contributed by atoms with E-state index < -0.39 is 12.0 Å². The summed E-state index contributed by atoms with van der Waals surface area (Å²) in [6.45, 7) is 0. The first-order valence-corrected chi connectivity index (χ1v) is 4.51. The maximum atomic E-state index is 10.4. The van der Waals surface area contributed by atoms with Crippen molar-refractivity contribution in [1.29, 1.82) is 0 Å². The zero-order valence-corrected chi connectivity index (χ0v) is 7.73. The van der Waals surface area contributed by atoms with Crippen molar-refractivity contribution in [2.45, 2.75) is 12.5 Å². The molecule has 3 nitrogen and oxygen atoms in total. The minimum absolute atomic E-state index is 0.340. The van der Waals surface area contributed by atoms with E-state index in [2.05, 4.69) is 0 Å². The SMILES string of the molecule is NC(Cc1ccc(Cl)s1)C(=O)O. The van der Waals surface area contributed by atoms with Gasteiger partial charge in [0.2, 0.25) is 0 Å². The predicted octanol–water partition coefficient (Wildman–Crippen LogP) is 1.36. The summed E-state index contributed by atoms with van der Waals surface area (Å²) in [7, 11) is 0. The van der Waals surface area contributed by atoms with Gasteiger partial charge in [0, 0.05) is 11.3 Å². The highest BCUT2D eigenvalue weighted by molar-refractivity contribution is 7.16. The molecule has 1 aromatic rings. The van der Waals surface area contributed by atoms with Gasteiger partial charge in [0.05, 0.1) is 4.34 Å². The van der Waals surface area contributed by atoms with E-state index >= 15 is 0 Å². The Morgan fingerprint density at radius 1 is 1.75 bits per heavy atom. The standard InChI is InChI=1S/C7H8ClNO2S/c8-6-2-1-4(12-6)3-5(9)7(10)11/h1-2,5H,3,9H2,(H,10,11). The Morgan fingerprint density at radius 3 is 2.83 bits per heavy atom. The molecular formula is C7H8ClNO2S. The summed E-state index contributed by atoms with van der Waals surface area (Å²) in [6, 6.07) is 2.69. The Balaban J connectivity index is 2.58. The predicted molar refractivity (Wildman–Crippen MR) is 48.6 cm³/mol. The Hall–Kier alpha value is -0.580. The fourth-order valence-corrected chi connectivity index (χ4v) is 1.91. The molecule has 1 unspecified atom stereocenters. The molecule has 5 heteroatoms. The van der Waals surface area contributed by atoms with E-state index in [-0.39, 0.29) is 0 Å². The molecule has 66 valence electrons. The molecule has 12 heavy (non-hydrogen) atoms. The monoisotopic (exact) mass is 205 g/mol. The lowest BCUT2D eigenvalue weighted by atomic mass is 10.2. The van der Waals surface area contributed by atoms with Crippen molar-refractivity contribution >= 4 is 28.9 Å². The zero-order chi connectivity index (χ0) is 9.14. The number of thiophene rings is 1. The van der Waals surface area contributed by atoms with Crippen molar-refractivity contribution in [1.82, 2.24) is 0 Å². The maximum Gasteiger partial charge on any atom is 0.320 e. The van der Waals surface area contributed by atoms with Crippen LogP contribution in [0.25, 0.3) is 0 Å². The van der Waals surface area contributed by atoms with Crippen LogP contribution in [-0.4, -0.2) is 17.1 Å². The quantitative estimate of drug-likeness (QED) is 0.783. The Bertz CT molecular complexity index is 287. The Kier molecular flexibility index (Phi) is 3.08. The molecule has 0 bridgehead atoms. The van der Waals surface area contributed by atoms with Gasteiger partial charge in [-0.05, 0) is 12.1 Å². The summed E-state index contributed by atoms with van der Waals surface area (Å²) >= 11 is 7.01. The molecular weight excluding hydrogens is 198 g/mol. The molecule has 0 spiro atoms. The molecule has 1 aromatic heterocycles.